The van der Waals surface area contributed by atoms with Crippen LogP contribution in [0.25, 0.3) is 0 Å². The third-order valence-corrected chi connectivity index (χ3v) is 7.40. The van der Waals surface area contributed by atoms with Crippen LogP contribution in [0.15, 0.2) is 0 Å². The summed E-state index contributed by atoms with van der Waals surface area (Å²) in [5.41, 5.74) is 0. The Balaban J connectivity index is 2.59. The van der Waals surface area contributed by atoms with Crippen molar-refractivity contribution >= 4 is 19.7 Å². The smallest absolute Gasteiger partial charge is 0.150 e. The van der Waals surface area contributed by atoms with Gasteiger partial charge in [0.15, 0.2) is 9.84 Å². The van der Waals surface area contributed by atoms with Gasteiger partial charge in [0, 0.05) is 5.75 Å². The summed E-state index contributed by atoms with van der Waals surface area (Å²) in [5.74, 6) is 1.10. The normalized spacial score (nSPS) is 24.4. The van der Waals surface area contributed by atoms with E-state index in [2.05, 4.69) is 5.32 Å². The average Bonchev–Trinajstić information content (AvgIpc) is 2.65. The van der Waals surface area contributed by atoms with Gasteiger partial charge in [-0.2, -0.15) is 0 Å². The zero-order valence-corrected chi connectivity index (χ0v) is 13.4. The van der Waals surface area contributed by atoms with Crippen LogP contribution in [0.3, 0.4) is 0 Å². The Kier molecular flexibility index (Phi) is 6.26. The van der Waals surface area contributed by atoms with Crippen LogP contribution in [0, 0.1) is 11.8 Å². The molecule has 0 saturated carbocycles. The highest BCUT2D eigenvalue weighted by molar-refractivity contribution is 7.91. The zero-order valence-electron chi connectivity index (χ0n) is 11.8. The van der Waals surface area contributed by atoms with E-state index in [1.165, 1.54) is 0 Å². The predicted octanol–water partition coefficient (Wildman–Crippen LogP) is 0.472. The molecule has 7 heteroatoms. The third-order valence-electron chi connectivity index (χ3n) is 3.72. The molecule has 1 N–H and O–H groups in total. The molecule has 0 aromatic heterocycles. The second-order valence-electron chi connectivity index (χ2n) is 5.42. The van der Waals surface area contributed by atoms with Crippen molar-refractivity contribution in [2.24, 2.45) is 11.8 Å². The molecule has 0 bridgehead atoms. The van der Waals surface area contributed by atoms with E-state index in [0.29, 0.717) is 25.8 Å². The summed E-state index contributed by atoms with van der Waals surface area (Å²) in [6, 6.07) is 0. The molecular weight excluding hydrogens is 286 g/mol. The monoisotopic (exact) mass is 311 g/mol. The van der Waals surface area contributed by atoms with E-state index in [1.807, 2.05) is 14.0 Å². The van der Waals surface area contributed by atoms with Gasteiger partial charge >= 0.3 is 0 Å². The largest absolute Gasteiger partial charge is 0.319 e. The first-order valence-corrected chi connectivity index (χ1v) is 10.5. The molecule has 1 aliphatic rings. The van der Waals surface area contributed by atoms with Crippen LogP contribution in [-0.2, 0) is 19.7 Å². The first-order valence-electron chi connectivity index (χ1n) is 6.85. The van der Waals surface area contributed by atoms with E-state index < -0.39 is 19.7 Å². The van der Waals surface area contributed by atoms with E-state index in [1.54, 1.807) is 0 Å². The molecule has 5 nitrogen and oxygen atoms in total. The van der Waals surface area contributed by atoms with Gasteiger partial charge in [0.25, 0.3) is 0 Å². The number of rotatable bonds is 8. The SMILES string of the molecule is CCCS(=O)(=O)CCC(CNC)C1CCS(=O)(=O)C1. The zero-order chi connectivity index (χ0) is 14.5. The van der Waals surface area contributed by atoms with Crippen LogP contribution >= 0.6 is 0 Å². The molecule has 0 aromatic carbocycles. The van der Waals surface area contributed by atoms with Crippen LogP contribution in [0.4, 0.5) is 0 Å². The van der Waals surface area contributed by atoms with Gasteiger partial charge in [0.05, 0.1) is 17.3 Å². The van der Waals surface area contributed by atoms with Gasteiger partial charge in [-0.05, 0) is 44.7 Å². The standard InChI is InChI=1S/C12H25NO4S2/c1-3-6-18(14,15)7-4-11(9-13-2)12-5-8-19(16,17)10-12/h11-13H,3-10H2,1-2H3. The Morgan fingerprint density at radius 1 is 1.32 bits per heavy atom. The Bertz CT molecular complexity index is 470. The van der Waals surface area contributed by atoms with Crippen molar-refractivity contribution in [3.05, 3.63) is 0 Å². The van der Waals surface area contributed by atoms with E-state index in [-0.39, 0.29) is 34.8 Å². The van der Waals surface area contributed by atoms with Gasteiger partial charge in [-0.15, -0.1) is 0 Å². The molecular formula is C12H25NO4S2. The maximum atomic E-state index is 11.7. The van der Waals surface area contributed by atoms with Crippen molar-refractivity contribution in [1.82, 2.24) is 5.32 Å². The summed E-state index contributed by atoms with van der Waals surface area (Å²) in [4.78, 5) is 0. The quantitative estimate of drug-likeness (QED) is 0.705. The molecule has 0 radical (unpaired) electrons. The molecule has 19 heavy (non-hydrogen) atoms. The maximum Gasteiger partial charge on any atom is 0.150 e. The third kappa shape index (κ3) is 5.79. The van der Waals surface area contributed by atoms with E-state index >= 15 is 0 Å². The molecule has 1 rings (SSSR count). The number of hydrogen-bond donors (Lipinski definition) is 1. The lowest BCUT2D eigenvalue weighted by Gasteiger charge is -2.22. The lowest BCUT2D eigenvalue weighted by atomic mass is 9.89. The van der Waals surface area contributed by atoms with Gasteiger partial charge in [0.2, 0.25) is 0 Å². The molecule has 2 atom stereocenters. The highest BCUT2D eigenvalue weighted by Crippen LogP contribution is 2.28. The lowest BCUT2D eigenvalue weighted by molar-refractivity contribution is 0.344. The van der Waals surface area contributed by atoms with Crippen molar-refractivity contribution in [2.75, 3.05) is 36.6 Å². The van der Waals surface area contributed by atoms with Gasteiger partial charge in [-0.25, -0.2) is 16.8 Å². The second kappa shape index (κ2) is 7.04. The number of hydrogen-bond acceptors (Lipinski definition) is 5. The molecule has 1 aliphatic heterocycles. The maximum absolute atomic E-state index is 11.7. The molecule has 114 valence electrons. The Morgan fingerprint density at radius 2 is 2.00 bits per heavy atom. The fourth-order valence-corrected chi connectivity index (χ4v) is 6.11. The number of sulfone groups is 2. The van der Waals surface area contributed by atoms with Crippen molar-refractivity contribution in [2.45, 2.75) is 26.2 Å². The van der Waals surface area contributed by atoms with Crippen molar-refractivity contribution in [3.63, 3.8) is 0 Å². The summed E-state index contributed by atoms with van der Waals surface area (Å²) in [5, 5.41) is 3.05. The van der Waals surface area contributed by atoms with E-state index in [4.69, 9.17) is 0 Å². The summed E-state index contributed by atoms with van der Waals surface area (Å²) < 4.78 is 46.5. The van der Waals surface area contributed by atoms with E-state index in [0.717, 1.165) is 0 Å². The molecule has 0 aliphatic carbocycles. The van der Waals surface area contributed by atoms with Gasteiger partial charge in [-0.3, -0.25) is 0 Å². The average molecular weight is 311 g/mol. The van der Waals surface area contributed by atoms with Crippen molar-refractivity contribution < 1.29 is 16.8 Å². The van der Waals surface area contributed by atoms with Gasteiger partial charge in [0.1, 0.15) is 9.84 Å². The van der Waals surface area contributed by atoms with Gasteiger partial charge in [-0.1, -0.05) is 6.92 Å². The van der Waals surface area contributed by atoms with Crippen LogP contribution in [0.5, 0.6) is 0 Å². The van der Waals surface area contributed by atoms with E-state index in [9.17, 15) is 16.8 Å². The van der Waals surface area contributed by atoms with Crippen LogP contribution in [0.1, 0.15) is 26.2 Å². The Morgan fingerprint density at radius 3 is 2.47 bits per heavy atom. The Labute approximate surface area is 117 Å². The summed E-state index contributed by atoms with van der Waals surface area (Å²) in [6.45, 7) is 2.54. The molecule has 0 aromatic rings. The second-order valence-corrected chi connectivity index (χ2v) is 9.95. The fourth-order valence-electron chi connectivity index (χ4n) is 2.71. The first kappa shape index (κ1) is 16.9. The van der Waals surface area contributed by atoms with Crippen LogP contribution in [0.2, 0.25) is 0 Å². The van der Waals surface area contributed by atoms with Crippen molar-refractivity contribution in [3.8, 4) is 0 Å². The number of nitrogens with one attached hydrogen (secondary N) is 1. The molecule has 1 fully saturated rings. The van der Waals surface area contributed by atoms with Crippen molar-refractivity contribution in [1.29, 1.82) is 0 Å². The van der Waals surface area contributed by atoms with Gasteiger partial charge < -0.3 is 5.32 Å². The highest BCUT2D eigenvalue weighted by Gasteiger charge is 2.33. The molecule has 1 saturated heterocycles. The van der Waals surface area contributed by atoms with Crippen LogP contribution in [-0.4, -0.2) is 53.4 Å². The highest BCUT2D eigenvalue weighted by atomic mass is 32.2. The minimum Gasteiger partial charge on any atom is -0.319 e. The predicted molar refractivity (Wildman–Crippen MR) is 77.7 cm³/mol. The molecule has 0 amide bonds. The molecule has 2 unspecified atom stereocenters. The molecule has 1 heterocycles. The summed E-state index contributed by atoms with van der Waals surface area (Å²) >= 11 is 0. The minimum atomic E-state index is -2.98. The Hall–Kier alpha value is -0.140. The minimum absolute atomic E-state index is 0.106. The molecule has 0 spiro atoms. The lowest BCUT2D eigenvalue weighted by Crippen LogP contribution is -2.29. The first-order chi connectivity index (χ1) is 8.79. The summed E-state index contributed by atoms with van der Waals surface area (Å²) in [7, 11) is -4.06. The topological polar surface area (TPSA) is 80.3 Å². The summed E-state index contributed by atoms with van der Waals surface area (Å²) in [6.07, 6.45) is 1.86. The van der Waals surface area contributed by atoms with Crippen LogP contribution < -0.4 is 5.32 Å². The fraction of sp³-hybridized carbons (Fsp3) is 1.00.